The Bertz CT molecular complexity index is 1020. The molecule has 5 nitrogen and oxygen atoms in total. The summed E-state index contributed by atoms with van der Waals surface area (Å²) in [6, 6.07) is 12.0. The van der Waals surface area contributed by atoms with E-state index < -0.39 is 5.97 Å². The van der Waals surface area contributed by atoms with Crippen LogP contribution in [0.4, 0.5) is 0 Å². The van der Waals surface area contributed by atoms with Gasteiger partial charge in [-0.15, -0.1) is 0 Å². The first-order valence-corrected chi connectivity index (χ1v) is 8.28. The Balaban J connectivity index is 2.03. The largest absolute Gasteiger partial charge is 0.465 e. The zero-order valence-electron chi connectivity index (χ0n) is 13.4. The van der Waals surface area contributed by atoms with Gasteiger partial charge in [-0.1, -0.05) is 28.1 Å². The van der Waals surface area contributed by atoms with Gasteiger partial charge in [-0.25, -0.2) is 4.79 Å². The van der Waals surface area contributed by atoms with E-state index >= 15 is 0 Å². The third-order valence-electron chi connectivity index (χ3n) is 3.93. The fourth-order valence-corrected chi connectivity index (χ4v) is 3.03. The van der Waals surface area contributed by atoms with Crippen LogP contribution in [0.2, 0.25) is 0 Å². The van der Waals surface area contributed by atoms with E-state index in [1.807, 2.05) is 0 Å². The van der Waals surface area contributed by atoms with Gasteiger partial charge in [0.05, 0.1) is 19.2 Å². The van der Waals surface area contributed by atoms with E-state index in [9.17, 15) is 14.4 Å². The molecule has 0 unspecified atom stereocenters. The Morgan fingerprint density at radius 1 is 1.16 bits per heavy atom. The second-order valence-electron chi connectivity index (χ2n) is 5.51. The average Bonchev–Trinajstić information content (AvgIpc) is 2.63. The molecule has 3 rings (SSSR count). The first-order chi connectivity index (χ1) is 12.0. The van der Waals surface area contributed by atoms with Crippen molar-refractivity contribution in [2.75, 3.05) is 7.11 Å². The molecule has 126 valence electrons. The van der Waals surface area contributed by atoms with E-state index in [-0.39, 0.29) is 5.56 Å². The molecule has 0 radical (unpaired) electrons. The maximum Gasteiger partial charge on any atom is 0.337 e. The number of carbonyl (C=O) groups is 2. The summed E-state index contributed by atoms with van der Waals surface area (Å²) < 4.78 is 6.96. The fraction of sp³-hybridized carbons (Fsp3) is 0.105. The second kappa shape index (κ2) is 7.03. The molecule has 0 saturated carbocycles. The lowest BCUT2D eigenvalue weighted by molar-refractivity contribution is 0.0600. The van der Waals surface area contributed by atoms with Crippen molar-refractivity contribution in [2.45, 2.75) is 6.54 Å². The number of nitrogens with zero attached hydrogens (tertiary/aromatic N) is 1. The normalized spacial score (nSPS) is 10.6. The average molecular weight is 400 g/mol. The van der Waals surface area contributed by atoms with Crippen LogP contribution in [0.25, 0.3) is 10.8 Å². The predicted molar refractivity (Wildman–Crippen MR) is 98.2 cm³/mol. The van der Waals surface area contributed by atoms with Gasteiger partial charge >= 0.3 is 5.97 Å². The molecule has 0 aliphatic rings. The third-order valence-corrected chi connectivity index (χ3v) is 4.43. The van der Waals surface area contributed by atoms with Crippen molar-refractivity contribution in [1.82, 2.24) is 4.57 Å². The van der Waals surface area contributed by atoms with Crippen molar-refractivity contribution in [3.05, 3.63) is 80.2 Å². The highest BCUT2D eigenvalue weighted by molar-refractivity contribution is 9.10. The number of aldehydes is 1. The first kappa shape index (κ1) is 17.1. The number of halogens is 1. The number of rotatable bonds is 4. The molecule has 0 spiro atoms. The van der Waals surface area contributed by atoms with Gasteiger partial charge in [-0.2, -0.15) is 0 Å². The van der Waals surface area contributed by atoms with Crippen LogP contribution >= 0.6 is 15.9 Å². The van der Waals surface area contributed by atoms with Crippen LogP contribution < -0.4 is 5.56 Å². The van der Waals surface area contributed by atoms with Gasteiger partial charge in [0.25, 0.3) is 5.56 Å². The molecule has 0 atom stereocenters. The van der Waals surface area contributed by atoms with Gasteiger partial charge in [-0.05, 0) is 35.9 Å². The zero-order chi connectivity index (χ0) is 18.0. The number of hydrogen-bond donors (Lipinski definition) is 0. The van der Waals surface area contributed by atoms with Crippen molar-refractivity contribution in [3.63, 3.8) is 0 Å². The van der Waals surface area contributed by atoms with E-state index in [1.54, 1.807) is 48.7 Å². The molecule has 1 heterocycles. The minimum atomic E-state index is -0.414. The highest BCUT2D eigenvalue weighted by Crippen LogP contribution is 2.20. The number of ether oxygens (including phenoxy) is 1. The molecule has 0 fully saturated rings. The van der Waals surface area contributed by atoms with Gasteiger partial charge in [0.15, 0.2) is 6.29 Å². The number of carbonyl (C=O) groups excluding carboxylic acids is 2. The van der Waals surface area contributed by atoms with Gasteiger partial charge in [0.2, 0.25) is 0 Å². The van der Waals surface area contributed by atoms with Crippen LogP contribution in [0.1, 0.15) is 26.3 Å². The Morgan fingerprint density at radius 2 is 1.88 bits per heavy atom. The van der Waals surface area contributed by atoms with Gasteiger partial charge in [0, 0.05) is 27.0 Å². The molecule has 0 amide bonds. The predicted octanol–water partition coefficient (Wildman–Crippen LogP) is 3.41. The molecule has 0 bridgehead atoms. The Kier molecular flexibility index (Phi) is 4.81. The van der Waals surface area contributed by atoms with E-state index in [0.717, 1.165) is 16.3 Å². The molecule has 0 saturated heterocycles. The summed E-state index contributed by atoms with van der Waals surface area (Å²) in [6.07, 6.45) is 2.30. The number of fused-ring (bicyclic) bond motifs is 1. The summed E-state index contributed by atoms with van der Waals surface area (Å²) >= 11 is 3.35. The third kappa shape index (κ3) is 3.39. The summed E-state index contributed by atoms with van der Waals surface area (Å²) in [5.41, 5.74) is 1.55. The number of esters is 1. The Hall–Kier alpha value is -2.73. The first-order valence-electron chi connectivity index (χ1n) is 7.48. The second-order valence-corrected chi connectivity index (χ2v) is 6.43. The lowest BCUT2D eigenvalue weighted by atomic mass is 10.1. The molecule has 0 aliphatic carbocycles. The summed E-state index contributed by atoms with van der Waals surface area (Å²) in [5.74, 6) is -0.414. The standard InChI is InChI=1S/C19H14BrNO4/c1-25-19(24)13-4-2-12(3-5-13)9-21-10-14(11-22)17-8-15(20)6-7-16(17)18(21)23/h2-8,10-11H,9H2,1H3. The van der Waals surface area contributed by atoms with Gasteiger partial charge in [0.1, 0.15) is 0 Å². The summed E-state index contributed by atoms with van der Waals surface area (Å²) in [4.78, 5) is 35.6. The van der Waals surface area contributed by atoms with Crippen molar-refractivity contribution < 1.29 is 14.3 Å². The van der Waals surface area contributed by atoms with Crippen LogP contribution in [0, 0.1) is 0 Å². The van der Waals surface area contributed by atoms with Crippen LogP contribution in [-0.4, -0.2) is 23.9 Å². The van der Waals surface area contributed by atoms with Crippen molar-refractivity contribution in [3.8, 4) is 0 Å². The minimum Gasteiger partial charge on any atom is -0.465 e. The van der Waals surface area contributed by atoms with E-state index in [0.29, 0.717) is 28.4 Å². The van der Waals surface area contributed by atoms with E-state index in [4.69, 9.17) is 0 Å². The van der Waals surface area contributed by atoms with Gasteiger partial charge < -0.3 is 9.30 Å². The molecular formula is C19H14BrNO4. The Labute approximate surface area is 152 Å². The molecule has 25 heavy (non-hydrogen) atoms. The highest BCUT2D eigenvalue weighted by Gasteiger charge is 2.10. The van der Waals surface area contributed by atoms with Gasteiger partial charge in [-0.3, -0.25) is 9.59 Å². The highest BCUT2D eigenvalue weighted by atomic mass is 79.9. The zero-order valence-corrected chi connectivity index (χ0v) is 14.9. The number of pyridine rings is 1. The van der Waals surface area contributed by atoms with Crippen LogP contribution in [0.15, 0.2) is 57.9 Å². The smallest absolute Gasteiger partial charge is 0.337 e. The molecule has 3 aromatic rings. The lowest BCUT2D eigenvalue weighted by Crippen LogP contribution is -2.21. The monoisotopic (exact) mass is 399 g/mol. The quantitative estimate of drug-likeness (QED) is 0.498. The number of methoxy groups -OCH3 is 1. The Morgan fingerprint density at radius 3 is 2.52 bits per heavy atom. The van der Waals surface area contributed by atoms with E-state index in [1.165, 1.54) is 11.7 Å². The number of benzene rings is 2. The molecule has 0 aliphatic heterocycles. The molecule has 0 N–H and O–H groups in total. The fourth-order valence-electron chi connectivity index (χ4n) is 2.66. The van der Waals surface area contributed by atoms with Crippen molar-refractivity contribution in [1.29, 1.82) is 0 Å². The minimum absolute atomic E-state index is 0.176. The van der Waals surface area contributed by atoms with Crippen LogP contribution in [0.3, 0.4) is 0 Å². The van der Waals surface area contributed by atoms with E-state index in [2.05, 4.69) is 20.7 Å². The SMILES string of the molecule is COC(=O)c1ccc(Cn2cc(C=O)c3cc(Br)ccc3c2=O)cc1. The number of aromatic nitrogens is 1. The maximum absolute atomic E-state index is 12.7. The summed E-state index contributed by atoms with van der Waals surface area (Å²) in [7, 11) is 1.32. The van der Waals surface area contributed by atoms with Crippen molar-refractivity contribution >= 4 is 39.0 Å². The maximum atomic E-state index is 12.7. The van der Waals surface area contributed by atoms with Crippen molar-refractivity contribution in [2.24, 2.45) is 0 Å². The molecule has 1 aromatic heterocycles. The molecule has 2 aromatic carbocycles. The summed E-state index contributed by atoms with van der Waals surface area (Å²) in [5, 5.41) is 1.10. The van der Waals surface area contributed by atoms with Crippen LogP contribution in [-0.2, 0) is 11.3 Å². The number of hydrogen-bond acceptors (Lipinski definition) is 4. The molecule has 6 heteroatoms. The summed E-state index contributed by atoms with van der Waals surface area (Å²) in [6.45, 7) is 0.299. The topological polar surface area (TPSA) is 65.4 Å². The lowest BCUT2D eigenvalue weighted by Gasteiger charge is -2.10. The molecular weight excluding hydrogens is 386 g/mol. The van der Waals surface area contributed by atoms with Crippen LogP contribution in [0.5, 0.6) is 0 Å².